The van der Waals surface area contributed by atoms with Crippen LogP contribution in [0.3, 0.4) is 0 Å². The lowest BCUT2D eigenvalue weighted by molar-refractivity contribution is -0.126. The van der Waals surface area contributed by atoms with Gasteiger partial charge in [-0.2, -0.15) is 4.31 Å². The van der Waals surface area contributed by atoms with Crippen molar-refractivity contribution in [2.75, 3.05) is 50.5 Å². The van der Waals surface area contributed by atoms with Gasteiger partial charge in [0.2, 0.25) is 15.9 Å². The van der Waals surface area contributed by atoms with Crippen molar-refractivity contribution < 1.29 is 17.9 Å². The molecule has 2 aromatic carbocycles. The van der Waals surface area contributed by atoms with Gasteiger partial charge in [0.25, 0.3) is 0 Å². The lowest BCUT2D eigenvalue weighted by Gasteiger charge is -2.35. The van der Waals surface area contributed by atoms with Gasteiger partial charge >= 0.3 is 0 Å². The van der Waals surface area contributed by atoms with Gasteiger partial charge in [0.15, 0.2) is 0 Å². The molecule has 1 heterocycles. The average molecular weight is 506 g/mol. The van der Waals surface area contributed by atoms with Crippen molar-refractivity contribution in [1.82, 2.24) is 9.62 Å². The standard InChI is InChI=1S/C25H32ClN3O4S/c1-33-23-10-8-22(9-11-23)28-15-17-29(18-16-28)34(31,32)19-14-27-24(30)25(12-2-3-13-25)20-4-6-21(26)7-5-20/h4-11H,2-3,12-19H2,1H3,(H,27,30). The van der Waals surface area contributed by atoms with Crippen LogP contribution in [0.25, 0.3) is 0 Å². The first-order valence-corrected chi connectivity index (χ1v) is 13.7. The third kappa shape index (κ3) is 5.34. The Hall–Kier alpha value is -2.29. The molecule has 1 saturated carbocycles. The summed E-state index contributed by atoms with van der Waals surface area (Å²) in [5.74, 6) is 0.604. The minimum Gasteiger partial charge on any atom is -0.497 e. The van der Waals surface area contributed by atoms with E-state index in [9.17, 15) is 13.2 Å². The number of halogens is 1. The van der Waals surface area contributed by atoms with E-state index in [0.29, 0.717) is 31.2 Å². The highest BCUT2D eigenvalue weighted by Gasteiger charge is 2.42. The molecular formula is C25H32ClN3O4S. The minimum absolute atomic E-state index is 0.0909. The summed E-state index contributed by atoms with van der Waals surface area (Å²) >= 11 is 6.03. The molecule has 4 rings (SSSR count). The van der Waals surface area contributed by atoms with E-state index in [1.807, 2.05) is 36.4 Å². The van der Waals surface area contributed by atoms with Crippen molar-refractivity contribution >= 4 is 33.2 Å². The number of hydrogen-bond donors (Lipinski definition) is 1. The van der Waals surface area contributed by atoms with Gasteiger partial charge in [-0.25, -0.2) is 8.42 Å². The molecule has 1 aliphatic carbocycles. The monoisotopic (exact) mass is 505 g/mol. The number of rotatable bonds is 8. The molecule has 34 heavy (non-hydrogen) atoms. The fourth-order valence-corrected chi connectivity index (χ4v) is 6.47. The van der Waals surface area contributed by atoms with Crippen LogP contribution in [0.15, 0.2) is 48.5 Å². The van der Waals surface area contributed by atoms with Crippen LogP contribution in [0.2, 0.25) is 5.02 Å². The van der Waals surface area contributed by atoms with Gasteiger partial charge in [0.05, 0.1) is 18.3 Å². The van der Waals surface area contributed by atoms with Gasteiger partial charge in [0.1, 0.15) is 5.75 Å². The molecule has 1 aliphatic heterocycles. The molecule has 2 aliphatic rings. The number of amides is 1. The molecule has 1 saturated heterocycles. The van der Waals surface area contributed by atoms with Gasteiger partial charge < -0.3 is 15.0 Å². The molecule has 0 aromatic heterocycles. The van der Waals surface area contributed by atoms with E-state index in [0.717, 1.165) is 42.7 Å². The summed E-state index contributed by atoms with van der Waals surface area (Å²) in [6.07, 6.45) is 3.49. The number of nitrogens with zero attached hydrogens (tertiary/aromatic N) is 2. The maximum absolute atomic E-state index is 13.2. The Morgan fingerprint density at radius 2 is 1.62 bits per heavy atom. The molecule has 2 fully saturated rings. The normalized spacial score (nSPS) is 18.6. The van der Waals surface area contributed by atoms with Crippen molar-refractivity contribution in [1.29, 1.82) is 0 Å². The van der Waals surface area contributed by atoms with Gasteiger partial charge in [0, 0.05) is 43.4 Å². The lowest BCUT2D eigenvalue weighted by Crippen LogP contribution is -2.50. The number of ether oxygens (including phenoxy) is 1. The van der Waals surface area contributed by atoms with Gasteiger partial charge in [-0.3, -0.25) is 4.79 Å². The highest BCUT2D eigenvalue weighted by atomic mass is 35.5. The molecular weight excluding hydrogens is 474 g/mol. The predicted octanol–water partition coefficient (Wildman–Crippen LogP) is 3.43. The molecule has 2 aromatic rings. The number of methoxy groups -OCH3 is 1. The van der Waals surface area contributed by atoms with Crippen LogP contribution in [-0.4, -0.2) is 64.2 Å². The Morgan fingerprint density at radius 3 is 2.21 bits per heavy atom. The highest BCUT2D eigenvalue weighted by molar-refractivity contribution is 7.89. The predicted molar refractivity (Wildman–Crippen MR) is 135 cm³/mol. The Labute approximate surface area is 207 Å². The molecule has 0 bridgehead atoms. The Kier molecular flexibility index (Phi) is 7.70. The summed E-state index contributed by atoms with van der Waals surface area (Å²) in [6, 6.07) is 15.2. The molecule has 0 atom stereocenters. The quantitative estimate of drug-likeness (QED) is 0.594. The van der Waals surface area contributed by atoms with E-state index in [2.05, 4.69) is 10.2 Å². The first-order chi connectivity index (χ1) is 16.3. The van der Waals surface area contributed by atoms with Crippen LogP contribution < -0.4 is 15.0 Å². The number of nitrogens with one attached hydrogen (secondary N) is 1. The zero-order valence-electron chi connectivity index (χ0n) is 19.5. The topological polar surface area (TPSA) is 79.0 Å². The van der Waals surface area contributed by atoms with Crippen LogP contribution in [0, 0.1) is 0 Å². The Bertz CT molecular complexity index is 1080. The van der Waals surface area contributed by atoms with E-state index >= 15 is 0 Å². The first-order valence-electron chi connectivity index (χ1n) is 11.8. The van der Waals surface area contributed by atoms with Gasteiger partial charge in [-0.05, 0) is 54.8 Å². The second-order valence-electron chi connectivity index (χ2n) is 8.95. The molecule has 0 radical (unpaired) electrons. The van der Waals surface area contributed by atoms with Gasteiger partial charge in [-0.15, -0.1) is 0 Å². The SMILES string of the molecule is COc1ccc(N2CCN(S(=O)(=O)CCNC(=O)C3(c4ccc(Cl)cc4)CCCC3)CC2)cc1. The molecule has 1 amide bonds. The Morgan fingerprint density at radius 1 is 1.00 bits per heavy atom. The van der Waals surface area contributed by atoms with Crippen LogP contribution in [0.1, 0.15) is 31.2 Å². The summed E-state index contributed by atoms with van der Waals surface area (Å²) in [5.41, 5.74) is 1.40. The van der Waals surface area contributed by atoms with Crippen LogP contribution in [0.5, 0.6) is 5.75 Å². The fourth-order valence-electron chi connectivity index (χ4n) is 5.00. The average Bonchev–Trinajstić information content (AvgIpc) is 3.36. The Balaban J connectivity index is 1.30. The van der Waals surface area contributed by atoms with Gasteiger partial charge in [-0.1, -0.05) is 36.6 Å². The third-order valence-corrected chi connectivity index (χ3v) is 9.13. The third-order valence-electron chi connectivity index (χ3n) is 7.00. The maximum Gasteiger partial charge on any atom is 0.230 e. The number of sulfonamides is 1. The molecule has 1 N–H and O–H groups in total. The summed E-state index contributed by atoms with van der Waals surface area (Å²) in [7, 11) is -1.82. The lowest BCUT2D eigenvalue weighted by atomic mass is 9.78. The van der Waals surface area contributed by atoms with E-state index < -0.39 is 15.4 Å². The minimum atomic E-state index is -3.45. The zero-order chi connectivity index (χ0) is 24.2. The molecule has 9 heteroatoms. The fraction of sp³-hybridized carbons (Fsp3) is 0.480. The summed E-state index contributed by atoms with van der Waals surface area (Å²) in [4.78, 5) is 15.4. The smallest absolute Gasteiger partial charge is 0.230 e. The molecule has 0 spiro atoms. The highest BCUT2D eigenvalue weighted by Crippen LogP contribution is 2.41. The van der Waals surface area contributed by atoms with Crippen LogP contribution >= 0.6 is 11.6 Å². The van der Waals surface area contributed by atoms with E-state index in [1.165, 1.54) is 4.31 Å². The van der Waals surface area contributed by atoms with E-state index in [4.69, 9.17) is 16.3 Å². The number of carbonyl (C=O) groups excluding carboxylic acids is 1. The second kappa shape index (κ2) is 10.5. The largest absolute Gasteiger partial charge is 0.497 e. The molecule has 0 unspecified atom stereocenters. The van der Waals surface area contributed by atoms with Crippen LogP contribution in [-0.2, 0) is 20.2 Å². The second-order valence-corrected chi connectivity index (χ2v) is 11.5. The number of carbonyl (C=O) groups is 1. The summed E-state index contributed by atoms with van der Waals surface area (Å²) in [5, 5.41) is 3.55. The number of piperazine rings is 1. The van der Waals surface area contributed by atoms with Crippen molar-refractivity contribution in [3.63, 3.8) is 0 Å². The van der Waals surface area contributed by atoms with Crippen molar-refractivity contribution in [3.8, 4) is 5.75 Å². The zero-order valence-corrected chi connectivity index (χ0v) is 21.1. The van der Waals surface area contributed by atoms with Crippen molar-refractivity contribution in [3.05, 3.63) is 59.1 Å². The number of benzene rings is 2. The molecule has 184 valence electrons. The number of anilines is 1. The maximum atomic E-state index is 13.2. The van der Waals surface area contributed by atoms with Crippen molar-refractivity contribution in [2.45, 2.75) is 31.1 Å². The van der Waals surface area contributed by atoms with E-state index in [1.54, 1.807) is 19.2 Å². The van der Waals surface area contributed by atoms with Crippen molar-refractivity contribution in [2.24, 2.45) is 0 Å². The van der Waals surface area contributed by atoms with E-state index in [-0.39, 0.29) is 18.2 Å². The number of hydrogen-bond acceptors (Lipinski definition) is 5. The van der Waals surface area contributed by atoms with Crippen LogP contribution in [0.4, 0.5) is 5.69 Å². The summed E-state index contributed by atoms with van der Waals surface area (Å²) in [6.45, 7) is 2.21. The molecule has 7 nitrogen and oxygen atoms in total. The first kappa shape index (κ1) is 24.8. The summed E-state index contributed by atoms with van der Waals surface area (Å²) < 4.78 is 32.6.